The van der Waals surface area contributed by atoms with E-state index in [2.05, 4.69) is 20.1 Å². The molecular weight excluding hydrogens is 220 g/mol. The van der Waals surface area contributed by atoms with Gasteiger partial charge in [-0.1, -0.05) is 0 Å². The summed E-state index contributed by atoms with van der Waals surface area (Å²) in [5, 5.41) is 2.86. The second-order valence-corrected chi connectivity index (χ2v) is 3.56. The highest BCUT2D eigenvalue weighted by Gasteiger charge is 2.20. The molecule has 0 amide bonds. The number of ether oxygens (including phenoxy) is 1. The molecule has 17 heavy (non-hydrogen) atoms. The number of aromatic nitrogens is 2. The molecule has 0 aliphatic carbocycles. The van der Waals surface area contributed by atoms with Gasteiger partial charge in [0.15, 0.2) is 0 Å². The number of nitrogens with zero attached hydrogens (tertiary/aromatic N) is 4. The highest BCUT2D eigenvalue weighted by atomic mass is 16.5. The van der Waals surface area contributed by atoms with Gasteiger partial charge >= 0.3 is 0 Å². The summed E-state index contributed by atoms with van der Waals surface area (Å²) in [7, 11) is 1.71. The minimum Gasteiger partial charge on any atom is -0.382 e. The Morgan fingerprint density at radius 1 is 1.41 bits per heavy atom. The number of rotatable bonds is 2. The van der Waals surface area contributed by atoms with E-state index in [-0.39, 0.29) is 5.95 Å². The van der Waals surface area contributed by atoms with Crippen LogP contribution in [0.5, 0.6) is 0 Å². The Morgan fingerprint density at radius 2 is 2.12 bits per heavy atom. The van der Waals surface area contributed by atoms with Crippen LogP contribution in [0.3, 0.4) is 0 Å². The van der Waals surface area contributed by atoms with Crippen LogP contribution in [0.15, 0.2) is 0 Å². The molecule has 0 aromatic carbocycles. The third kappa shape index (κ3) is 2.21. The van der Waals surface area contributed by atoms with Gasteiger partial charge in [0, 0.05) is 20.1 Å². The first kappa shape index (κ1) is 11.4. The molecule has 2 heterocycles. The molecule has 0 bridgehead atoms. The lowest BCUT2D eigenvalue weighted by atomic mass is 10.3. The zero-order valence-corrected chi connectivity index (χ0v) is 9.60. The topological polar surface area (TPSA) is 80.7 Å². The molecule has 2 rings (SSSR count). The predicted molar refractivity (Wildman–Crippen MR) is 65.3 cm³/mol. The summed E-state index contributed by atoms with van der Waals surface area (Å²) in [6, 6.07) is 0. The van der Waals surface area contributed by atoms with Crippen LogP contribution in [-0.4, -0.2) is 43.3 Å². The monoisotopic (exact) mass is 234 g/mol. The Bertz CT molecular complexity index is 449. The number of morpholine rings is 1. The van der Waals surface area contributed by atoms with Gasteiger partial charge in [0.2, 0.25) is 5.95 Å². The SMILES string of the molecule is [C-]#[N+]c1c(NC)nc(N)nc1N1CCOCC1. The molecule has 0 radical (unpaired) electrons. The molecular formula is C10H14N6O. The van der Waals surface area contributed by atoms with Crippen molar-refractivity contribution in [1.82, 2.24) is 9.97 Å². The third-order valence-electron chi connectivity index (χ3n) is 2.54. The van der Waals surface area contributed by atoms with Gasteiger partial charge in [-0.05, 0) is 0 Å². The fourth-order valence-electron chi connectivity index (χ4n) is 1.73. The first-order valence-electron chi connectivity index (χ1n) is 5.31. The molecule has 0 unspecified atom stereocenters. The quantitative estimate of drug-likeness (QED) is 0.725. The zero-order chi connectivity index (χ0) is 12.3. The van der Waals surface area contributed by atoms with Crippen LogP contribution in [0.4, 0.5) is 23.3 Å². The van der Waals surface area contributed by atoms with Crippen LogP contribution >= 0.6 is 0 Å². The Hall–Kier alpha value is -2.07. The molecule has 1 aromatic rings. The standard InChI is InChI=1S/C10H14N6O/c1-12-7-8(13-2)14-10(11)15-9(7)16-3-5-17-6-4-16/h3-6H2,2H3,(H3,11,13,14,15). The summed E-state index contributed by atoms with van der Waals surface area (Å²) in [6.07, 6.45) is 0. The lowest BCUT2D eigenvalue weighted by Gasteiger charge is -2.29. The normalized spacial score (nSPS) is 15.4. The maximum absolute atomic E-state index is 7.22. The molecule has 1 aliphatic heterocycles. The fraction of sp³-hybridized carbons (Fsp3) is 0.500. The highest BCUT2D eigenvalue weighted by molar-refractivity contribution is 5.79. The highest BCUT2D eigenvalue weighted by Crippen LogP contribution is 2.34. The molecule has 3 N–H and O–H groups in total. The van der Waals surface area contributed by atoms with Crippen LogP contribution in [0.2, 0.25) is 0 Å². The van der Waals surface area contributed by atoms with E-state index in [4.69, 9.17) is 17.0 Å². The molecule has 90 valence electrons. The van der Waals surface area contributed by atoms with E-state index in [1.807, 2.05) is 4.90 Å². The van der Waals surface area contributed by atoms with Gasteiger partial charge in [-0.25, -0.2) is 14.8 Å². The van der Waals surface area contributed by atoms with Gasteiger partial charge in [0.25, 0.3) is 5.69 Å². The Kier molecular flexibility index (Phi) is 3.25. The van der Waals surface area contributed by atoms with Crippen LogP contribution in [0.25, 0.3) is 4.85 Å². The van der Waals surface area contributed by atoms with E-state index in [0.29, 0.717) is 43.6 Å². The molecule has 1 aromatic heterocycles. The maximum atomic E-state index is 7.22. The van der Waals surface area contributed by atoms with Crippen LogP contribution in [-0.2, 0) is 4.74 Å². The second-order valence-electron chi connectivity index (χ2n) is 3.56. The van der Waals surface area contributed by atoms with Crippen LogP contribution in [0.1, 0.15) is 0 Å². The smallest absolute Gasteiger partial charge is 0.269 e. The number of nitrogens with one attached hydrogen (secondary N) is 1. The lowest BCUT2D eigenvalue weighted by Crippen LogP contribution is -2.37. The number of nitrogen functional groups attached to an aromatic ring is 1. The van der Waals surface area contributed by atoms with E-state index in [0.717, 1.165) is 0 Å². The number of nitrogens with two attached hydrogens (primary N) is 1. The molecule has 0 saturated carbocycles. The molecule has 0 spiro atoms. The average molecular weight is 234 g/mol. The minimum atomic E-state index is 0.170. The molecule has 7 heteroatoms. The summed E-state index contributed by atoms with van der Waals surface area (Å²) in [5.41, 5.74) is 6.05. The average Bonchev–Trinajstić information content (AvgIpc) is 2.38. The molecule has 7 nitrogen and oxygen atoms in total. The largest absolute Gasteiger partial charge is 0.382 e. The third-order valence-corrected chi connectivity index (χ3v) is 2.54. The molecule has 1 saturated heterocycles. The van der Waals surface area contributed by atoms with Crippen molar-refractivity contribution in [1.29, 1.82) is 0 Å². The second kappa shape index (κ2) is 4.84. The fourth-order valence-corrected chi connectivity index (χ4v) is 1.73. The van der Waals surface area contributed by atoms with E-state index < -0.39 is 0 Å². The minimum absolute atomic E-state index is 0.170. The van der Waals surface area contributed by atoms with Crippen LogP contribution in [0, 0.1) is 6.57 Å². The first-order chi connectivity index (χ1) is 8.26. The van der Waals surface area contributed by atoms with Crippen molar-refractivity contribution in [3.8, 4) is 0 Å². The van der Waals surface area contributed by atoms with Crippen molar-refractivity contribution < 1.29 is 4.74 Å². The Balaban J connectivity index is 2.44. The van der Waals surface area contributed by atoms with Gasteiger partial charge in [-0.15, -0.1) is 0 Å². The summed E-state index contributed by atoms with van der Waals surface area (Å²) < 4.78 is 5.27. The first-order valence-corrected chi connectivity index (χ1v) is 5.31. The van der Waals surface area contributed by atoms with Crippen molar-refractivity contribution in [3.05, 3.63) is 11.4 Å². The van der Waals surface area contributed by atoms with Crippen LogP contribution < -0.4 is 16.0 Å². The van der Waals surface area contributed by atoms with Gasteiger partial charge in [-0.2, -0.15) is 0 Å². The van der Waals surface area contributed by atoms with Gasteiger partial charge < -0.3 is 20.7 Å². The number of hydrogen-bond donors (Lipinski definition) is 2. The molecule has 0 atom stereocenters. The summed E-state index contributed by atoms with van der Waals surface area (Å²) >= 11 is 0. The molecule has 1 fully saturated rings. The van der Waals surface area contributed by atoms with Crippen molar-refractivity contribution >= 4 is 23.3 Å². The van der Waals surface area contributed by atoms with E-state index in [1.165, 1.54) is 0 Å². The van der Waals surface area contributed by atoms with Gasteiger partial charge in [0.05, 0.1) is 19.8 Å². The Morgan fingerprint density at radius 3 is 2.71 bits per heavy atom. The zero-order valence-electron chi connectivity index (χ0n) is 9.60. The van der Waals surface area contributed by atoms with E-state index in [9.17, 15) is 0 Å². The molecule has 1 aliphatic rings. The number of anilines is 3. The van der Waals surface area contributed by atoms with Crippen molar-refractivity contribution in [2.24, 2.45) is 0 Å². The van der Waals surface area contributed by atoms with Crippen molar-refractivity contribution in [2.45, 2.75) is 0 Å². The predicted octanol–water partition coefficient (Wildman–Crippen LogP) is 0.488. The number of hydrogen-bond acceptors (Lipinski definition) is 6. The summed E-state index contributed by atoms with van der Waals surface area (Å²) in [4.78, 5) is 13.6. The summed E-state index contributed by atoms with van der Waals surface area (Å²) in [5.74, 6) is 1.22. The van der Waals surface area contributed by atoms with Gasteiger partial charge in [-0.3, -0.25) is 0 Å². The van der Waals surface area contributed by atoms with Gasteiger partial charge in [0.1, 0.15) is 11.6 Å². The van der Waals surface area contributed by atoms with E-state index in [1.54, 1.807) is 7.05 Å². The van der Waals surface area contributed by atoms with E-state index >= 15 is 0 Å². The maximum Gasteiger partial charge on any atom is 0.269 e. The summed E-state index contributed by atoms with van der Waals surface area (Å²) in [6.45, 7) is 9.92. The Labute approximate surface area is 99.4 Å². The van der Waals surface area contributed by atoms with Crippen molar-refractivity contribution in [3.63, 3.8) is 0 Å². The lowest BCUT2D eigenvalue weighted by molar-refractivity contribution is 0.122. The van der Waals surface area contributed by atoms with Crippen molar-refractivity contribution in [2.75, 3.05) is 49.3 Å².